The van der Waals surface area contributed by atoms with E-state index in [1.807, 2.05) is 0 Å². The summed E-state index contributed by atoms with van der Waals surface area (Å²) in [6.07, 6.45) is 3.58. The molecule has 4 rings (SSSR count). The summed E-state index contributed by atoms with van der Waals surface area (Å²) in [5, 5.41) is 0. The van der Waals surface area contributed by atoms with E-state index in [1.54, 1.807) is 12.1 Å². The van der Waals surface area contributed by atoms with Gasteiger partial charge in [0.25, 0.3) is 5.91 Å². The van der Waals surface area contributed by atoms with Crippen LogP contribution in [0.1, 0.15) is 25.7 Å². The lowest BCUT2D eigenvalue weighted by Crippen LogP contribution is -3.17. The Labute approximate surface area is 165 Å². The predicted molar refractivity (Wildman–Crippen MR) is 101 cm³/mol. The highest BCUT2D eigenvalue weighted by Crippen LogP contribution is 2.25. The number of carbonyl (C=O) groups excluding carboxylic acids is 2. The molecule has 0 aromatic heterocycles. The molecule has 3 aliphatic rings. The van der Waals surface area contributed by atoms with Crippen LogP contribution in [-0.2, 0) is 24.3 Å². The second-order valence-electron chi connectivity index (χ2n) is 7.55. The Morgan fingerprint density at radius 3 is 2.25 bits per heavy atom. The Hall–Kier alpha value is -1.81. The Morgan fingerprint density at radius 1 is 0.964 bits per heavy atom. The number of quaternary nitrogens is 1. The van der Waals surface area contributed by atoms with Gasteiger partial charge >= 0.3 is 0 Å². The third-order valence-corrected chi connectivity index (χ3v) is 7.75. The molecule has 9 heteroatoms. The summed E-state index contributed by atoms with van der Waals surface area (Å²) in [4.78, 5) is 28.0. The van der Waals surface area contributed by atoms with Gasteiger partial charge in [0.2, 0.25) is 15.9 Å². The molecule has 3 heterocycles. The van der Waals surface area contributed by atoms with Crippen LogP contribution in [0, 0.1) is 0 Å². The number of carbonyl (C=O) groups is 2. The molecule has 0 unspecified atom stereocenters. The Morgan fingerprint density at radius 2 is 1.61 bits per heavy atom. The first-order valence-electron chi connectivity index (χ1n) is 9.88. The molecule has 3 fully saturated rings. The van der Waals surface area contributed by atoms with Crippen molar-refractivity contribution in [3.05, 3.63) is 24.3 Å². The van der Waals surface area contributed by atoms with Crippen molar-refractivity contribution >= 4 is 27.5 Å². The van der Waals surface area contributed by atoms with E-state index in [2.05, 4.69) is 0 Å². The third-order valence-electron chi connectivity index (χ3n) is 5.84. The molecule has 1 atom stereocenters. The summed E-state index contributed by atoms with van der Waals surface area (Å²) >= 11 is 0. The molecule has 2 amide bonds. The third kappa shape index (κ3) is 3.59. The lowest BCUT2D eigenvalue weighted by atomic mass is 10.1. The number of piperidine rings is 1. The molecule has 0 aliphatic carbocycles. The minimum atomic E-state index is -3.60. The highest BCUT2D eigenvalue weighted by molar-refractivity contribution is 7.89. The number of ether oxygens (including phenoxy) is 1. The van der Waals surface area contributed by atoms with E-state index >= 15 is 0 Å². The number of imide groups is 1. The predicted octanol–water partition coefficient (Wildman–Crippen LogP) is -0.592. The number of sulfonamides is 1. The van der Waals surface area contributed by atoms with Crippen LogP contribution in [0.25, 0.3) is 0 Å². The van der Waals surface area contributed by atoms with Gasteiger partial charge in [-0.2, -0.15) is 4.31 Å². The van der Waals surface area contributed by atoms with Gasteiger partial charge in [-0.25, -0.2) is 13.3 Å². The molecule has 3 aliphatic heterocycles. The van der Waals surface area contributed by atoms with Crippen LogP contribution >= 0.6 is 0 Å². The first-order chi connectivity index (χ1) is 13.5. The number of benzene rings is 1. The fourth-order valence-electron chi connectivity index (χ4n) is 4.28. The quantitative estimate of drug-likeness (QED) is 0.673. The smallest absolute Gasteiger partial charge is 0.292 e. The lowest BCUT2D eigenvalue weighted by Gasteiger charge is -2.27. The molecule has 8 nitrogen and oxygen atoms in total. The summed E-state index contributed by atoms with van der Waals surface area (Å²) in [5.41, 5.74) is 0.440. The van der Waals surface area contributed by atoms with E-state index in [0.29, 0.717) is 32.0 Å². The van der Waals surface area contributed by atoms with Crippen LogP contribution in [-0.4, -0.2) is 70.0 Å². The zero-order valence-electron chi connectivity index (χ0n) is 15.8. The van der Waals surface area contributed by atoms with Crippen LogP contribution in [0.4, 0.5) is 5.69 Å². The van der Waals surface area contributed by atoms with Crippen molar-refractivity contribution in [2.24, 2.45) is 0 Å². The van der Waals surface area contributed by atoms with E-state index in [0.717, 1.165) is 25.9 Å². The van der Waals surface area contributed by atoms with E-state index in [4.69, 9.17) is 4.74 Å². The molecule has 0 radical (unpaired) electrons. The largest absolute Gasteiger partial charge is 0.379 e. The van der Waals surface area contributed by atoms with Crippen molar-refractivity contribution < 1.29 is 27.6 Å². The van der Waals surface area contributed by atoms with Gasteiger partial charge in [-0.1, -0.05) is 0 Å². The van der Waals surface area contributed by atoms with Crippen molar-refractivity contribution in [2.75, 3.05) is 44.3 Å². The molecule has 1 aromatic rings. The van der Waals surface area contributed by atoms with Gasteiger partial charge in [-0.3, -0.25) is 9.59 Å². The van der Waals surface area contributed by atoms with Crippen LogP contribution < -0.4 is 9.80 Å². The molecule has 152 valence electrons. The van der Waals surface area contributed by atoms with Crippen molar-refractivity contribution in [1.82, 2.24) is 4.31 Å². The standard InChI is InChI=1S/C19H25N3O5S/c23-18-14-17(20-8-2-1-3-9-20)19(24)22(18)15-4-6-16(7-5-15)28(25,26)21-10-12-27-13-11-21/h4-7,17H,1-3,8-14H2/p+1/t17-/m0/s1. The van der Waals surface area contributed by atoms with Crippen LogP contribution in [0.5, 0.6) is 0 Å². The summed E-state index contributed by atoms with van der Waals surface area (Å²) in [5.74, 6) is -0.387. The minimum absolute atomic E-state index is 0.162. The normalized spacial score (nSPS) is 25.4. The van der Waals surface area contributed by atoms with Crippen molar-refractivity contribution in [3.63, 3.8) is 0 Å². The summed E-state index contributed by atoms with van der Waals surface area (Å²) in [6.45, 7) is 3.27. The SMILES string of the molecule is O=C1C[C@H]([NH+]2CCCCC2)C(=O)N1c1ccc(S(=O)(=O)N2CCOCC2)cc1. The maximum Gasteiger partial charge on any atom is 0.292 e. The van der Waals surface area contributed by atoms with Crippen LogP contribution in [0.2, 0.25) is 0 Å². The first-order valence-corrected chi connectivity index (χ1v) is 11.3. The first kappa shape index (κ1) is 19.5. The molecule has 28 heavy (non-hydrogen) atoms. The highest BCUT2D eigenvalue weighted by atomic mass is 32.2. The van der Waals surface area contributed by atoms with E-state index in [1.165, 1.54) is 32.7 Å². The number of likely N-dealkylation sites (tertiary alicyclic amines) is 1. The number of hydrogen-bond acceptors (Lipinski definition) is 5. The molecule has 3 saturated heterocycles. The number of rotatable bonds is 4. The monoisotopic (exact) mass is 408 g/mol. The average Bonchev–Trinajstić information content (AvgIpc) is 3.03. The zero-order chi connectivity index (χ0) is 19.7. The van der Waals surface area contributed by atoms with Gasteiger partial charge in [0.05, 0.1) is 43.3 Å². The second-order valence-corrected chi connectivity index (χ2v) is 9.49. The molecular formula is C19H26N3O5S+. The topological polar surface area (TPSA) is 88.4 Å². The Balaban J connectivity index is 1.52. The summed E-state index contributed by atoms with van der Waals surface area (Å²) in [7, 11) is -3.60. The Bertz CT molecular complexity index is 843. The average molecular weight is 409 g/mol. The van der Waals surface area contributed by atoms with Crippen molar-refractivity contribution in [2.45, 2.75) is 36.6 Å². The van der Waals surface area contributed by atoms with E-state index in [9.17, 15) is 18.0 Å². The number of anilines is 1. The number of amides is 2. The number of hydrogen-bond donors (Lipinski definition) is 1. The van der Waals surface area contributed by atoms with Gasteiger partial charge < -0.3 is 9.64 Å². The zero-order valence-corrected chi connectivity index (χ0v) is 16.6. The van der Waals surface area contributed by atoms with E-state index in [-0.39, 0.29) is 29.2 Å². The van der Waals surface area contributed by atoms with Crippen LogP contribution in [0.3, 0.4) is 0 Å². The van der Waals surface area contributed by atoms with Gasteiger partial charge in [0.15, 0.2) is 6.04 Å². The molecule has 0 spiro atoms. The maximum absolute atomic E-state index is 12.9. The van der Waals surface area contributed by atoms with Crippen LogP contribution in [0.15, 0.2) is 29.2 Å². The summed E-state index contributed by atoms with van der Waals surface area (Å²) < 4.78 is 32.1. The molecule has 0 bridgehead atoms. The summed E-state index contributed by atoms with van der Waals surface area (Å²) in [6, 6.07) is 5.74. The minimum Gasteiger partial charge on any atom is -0.379 e. The molecular weight excluding hydrogens is 382 g/mol. The fourth-order valence-corrected chi connectivity index (χ4v) is 5.69. The van der Waals surface area contributed by atoms with Gasteiger partial charge in [0.1, 0.15) is 0 Å². The molecule has 0 saturated carbocycles. The van der Waals surface area contributed by atoms with Crippen molar-refractivity contribution in [3.8, 4) is 0 Å². The molecule has 1 aromatic carbocycles. The number of morpholine rings is 1. The van der Waals surface area contributed by atoms with Gasteiger partial charge in [-0.15, -0.1) is 0 Å². The number of nitrogens with one attached hydrogen (secondary N) is 1. The van der Waals surface area contributed by atoms with Gasteiger partial charge in [-0.05, 0) is 43.5 Å². The lowest BCUT2D eigenvalue weighted by molar-refractivity contribution is -0.919. The van der Waals surface area contributed by atoms with E-state index < -0.39 is 10.0 Å². The second kappa shape index (κ2) is 7.90. The fraction of sp³-hybridized carbons (Fsp3) is 0.579. The maximum atomic E-state index is 12.9. The Kier molecular flexibility index (Phi) is 5.50. The molecule has 1 N–H and O–H groups in total. The highest BCUT2D eigenvalue weighted by Gasteiger charge is 2.46. The van der Waals surface area contributed by atoms with Crippen molar-refractivity contribution in [1.29, 1.82) is 0 Å². The number of nitrogens with zero attached hydrogens (tertiary/aromatic N) is 2. The van der Waals surface area contributed by atoms with Gasteiger partial charge in [0, 0.05) is 13.1 Å².